The quantitative estimate of drug-likeness (QED) is 0.268. The average Bonchev–Trinajstić information content (AvgIpc) is 2.94. The number of amides is 3. The van der Waals surface area contributed by atoms with Crippen molar-refractivity contribution in [2.75, 3.05) is 6.54 Å². The summed E-state index contributed by atoms with van der Waals surface area (Å²) in [6.45, 7) is 4.64. The van der Waals surface area contributed by atoms with Crippen LogP contribution in [-0.2, 0) is 19.1 Å². The first-order valence-electron chi connectivity index (χ1n) is 7.23. The number of hydrogen-bond donors (Lipinski definition) is 1. The van der Waals surface area contributed by atoms with Crippen LogP contribution in [0.1, 0.15) is 46.5 Å². The van der Waals surface area contributed by atoms with Crippen molar-refractivity contribution >= 4 is 24.2 Å². The summed E-state index contributed by atoms with van der Waals surface area (Å²) in [6.07, 6.45) is 2.76. The zero-order valence-electron chi connectivity index (χ0n) is 13.2. The van der Waals surface area contributed by atoms with E-state index in [2.05, 4.69) is 0 Å². The van der Waals surface area contributed by atoms with E-state index in [-0.39, 0.29) is 17.6 Å². The molecule has 1 fully saturated rings. The van der Waals surface area contributed by atoms with E-state index in [1.165, 1.54) is 4.90 Å². The van der Waals surface area contributed by atoms with Gasteiger partial charge in [-0.1, -0.05) is 12.8 Å². The van der Waals surface area contributed by atoms with Crippen molar-refractivity contribution in [2.45, 2.75) is 58.1 Å². The van der Waals surface area contributed by atoms with Gasteiger partial charge in [0.05, 0.1) is 6.54 Å². The van der Waals surface area contributed by atoms with E-state index in [0.717, 1.165) is 25.7 Å². The van der Waals surface area contributed by atoms with E-state index in [1.807, 2.05) is 0 Å². The summed E-state index contributed by atoms with van der Waals surface area (Å²) in [5.41, 5.74) is -0.841. The Morgan fingerprint density at radius 2 is 1.73 bits per heavy atom. The average molecular weight is 313 g/mol. The van der Waals surface area contributed by atoms with E-state index in [4.69, 9.17) is 10.6 Å². The highest BCUT2D eigenvalue weighted by Crippen LogP contribution is 2.23. The summed E-state index contributed by atoms with van der Waals surface area (Å²) in [4.78, 5) is 47.9. The van der Waals surface area contributed by atoms with Gasteiger partial charge in [0.15, 0.2) is 0 Å². The predicted molar refractivity (Wildman–Crippen MR) is 77.3 cm³/mol. The molecule has 0 atom stereocenters. The van der Waals surface area contributed by atoms with Gasteiger partial charge in [-0.05, 0) is 33.6 Å². The molecule has 1 aliphatic carbocycles. The van der Waals surface area contributed by atoms with E-state index < -0.39 is 23.5 Å². The fraction of sp³-hybridized carbons (Fsp3) is 0.714. The molecule has 0 spiro atoms. The SMILES string of the molecule is CC(C)(C)OC(=O)N(N)C(=O)C(=O)N(CC=O)C1CCCC1. The fourth-order valence-corrected chi connectivity index (χ4v) is 2.31. The molecule has 0 saturated heterocycles. The number of carbonyl (C=O) groups is 4. The molecule has 0 unspecified atom stereocenters. The second-order valence-electron chi connectivity index (χ2n) is 6.22. The van der Waals surface area contributed by atoms with Gasteiger partial charge in [-0.25, -0.2) is 10.6 Å². The lowest BCUT2D eigenvalue weighted by atomic mass is 10.2. The zero-order chi connectivity index (χ0) is 16.9. The first-order chi connectivity index (χ1) is 10.2. The Balaban J connectivity index is 2.77. The molecule has 0 bridgehead atoms. The van der Waals surface area contributed by atoms with Gasteiger partial charge in [-0.15, -0.1) is 0 Å². The third-order valence-corrected chi connectivity index (χ3v) is 3.29. The van der Waals surface area contributed by atoms with Crippen molar-refractivity contribution in [3.8, 4) is 0 Å². The molecule has 0 aromatic rings. The number of ether oxygens (including phenoxy) is 1. The Morgan fingerprint density at radius 1 is 1.18 bits per heavy atom. The van der Waals surface area contributed by atoms with Crippen LogP contribution in [-0.4, -0.2) is 52.3 Å². The van der Waals surface area contributed by atoms with Gasteiger partial charge >= 0.3 is 17.9 Å². The molecule has 1 rings (SSSR count). The Kier molecular flexibility index (Phi) is 6.04. The lowest BCUT2D eigenvalue weighted by Crippen LogP contribution is -2.54. The zero-order valence-corrected chi connectivity index (χ0v) is 13.2. The van der Waals surface area contributed by atoms with Crippen LogP contribution >= 0.6 is 0 Å². The molecule has 22 heavy (non-hydrogen) atoms. The summed E-state index contributed by atoms with van der Waals surface area (Å²) in [7, 11) is 0. The van der Waals surface area contributed by atoms with Gasteiger partial charge in [0.1, 0.15) is 11.9 Å². The number of imide groups is 1. The maximum absolute atomic E-state index is 12.2. The topological polar surface area (TPSA) is 110 Å². The first-order valence-corrected chi connectivity index (χ1v) is 7.23. The van der Waals surface area contributed by atoms with Crippen LogP contribution in [0.4, 0.5) is 4.79 Å². The minimum Gasteiger partial charge on any atom is -0.442 e. The molecule has 8 heteroatoms. The van der Waals surface area contributed by atoms with Crippen LogP contribution in [0.2, 0.25) is 0 Å². The van der Waals surface area contributed by atoms with Crippen molar-refractivity contribution in [1.82, 2.24) is 9.91 Å². The number of rotatable bonds is 3. The van der Waals surface area contributed by atoms with Crippen LogP contribution in [0.3, 0.4) is 0 Å². The van der Waals surface area contributed by atoms with Crippen molar-refractivity contribution in [1.29, 1.82) is 0 Å². The minimum atomic E-state index is -1.21. The van der Waals surface area contributed by atoms with Gasteiger partial charge in [-0.2, -0.15) is 5.01 Å². The molecule has 2 N–H and O–H groups in total. The summed E-state index contributed by atoms with van der Waals surface area (Å²) >= 11 is 0. The van der Waals surface area contributed by atoms with Crippen molar-refractivity contribution in [3.05, 3.63) is 0 Å². The molecular formula is C14H23N3O5. The first kappa shape index (κ1) is 18.1. The minimum absolute atomic E-state index is 0.153. The molecule has 0 aromatic carbocycles. The van der Waals surface area contributed by atoms with Crippen molar-refractivity contribution < 1.29 is 23.9 Å². The number of aldehydes is 1. The van der Waals surface area contributed by atoms with Gasteiger partial charge < -0.3 is 14.4 Å². The molecule has 1 aliphatic rings. The van der Waals surface area contributed by atoms with E-state index in [9.17, 15) is 19.2 Å². The van der Waals surface area contributed by atoms with Gasteiger partial charge in [0.2, 0.25) is 0 Å². The molecule has 3 amide bonds. The molecule has 0 radical (unpaired) electrons. The van der Waals surface area contributed by atoms with E-state index in [0.29, 0.717) is 6.29 Å². The highest BCUT2D eigenvalue weighted by Gasteiger charge is 2.35. The third-order valence-electron chi connectivity index (χ3n) is 3.29. The summed E-state index contributed by atoms with van der Waals surface area (Å²) in [6, 6.07) is -0.173. The number of nitrogens with zero attached hydrogens (tertiary/aromatic N) is 2. The highest BCUT2D eigenvalue weighted by atomic mass is 16.6. The summed E-state index contributed by atoms with van der Waals surface area (Å²) in [5, 5.41) is 0.153. The lowest BCUT2D eigenvalue weighted by molar-refractivity contribution is -0.153. The predicted octanol–water partition coefficient (Wildman–Crippen LogP) is 0.594. The fourth-order valence-electron chi connectivity index (χ4n) is 2.31. The normalized spacial score (nSPS) is 15.3. The molecule has 0 aliphatic heterocycles. The van der Waals surface area contributed by atoms with Crippen LogP contribution in [0.5, 0.6) is 0 Å². The second-order valence-corrected chi connectivity index (χ2v) is 6.22. The Hall–Kier alpha value is -1.96. The number of carbonyl (C=O) groups excluding carboxylic acids is 4. The molecule has 124 valence electrons. The van der Waals surface area contributed by atoms with Gasteiger partial charge in [0, 0.05) is 6.04 Å². The Morgan fingerprint density at radius 3 is 2.18 bits per heavy atom. The van der Waals surface area contributed by atoms with Crippen LogP contribution in [0.25, 0.3) is 0 Å². The van der Waals surface area contributed by atoms with E-state index >= 15 is 0 Å². The monoisotopic (exact) mass is 313 g/mol. The summed E-state index contributed by atoms with van der Waals surface area (Å²) in [5.74, 6) is 3.20. The maximum atomic E-state index is 12.2. The van der Waals surface area contributed by atoms with Gasteiger partial charge in [-0.3, -0.25) is 9.59 Å². The Bertz CT molecular complexity index is 452. The molecule has 0 heterocycles. The molecule has 1 saturated carbocycles. The number of hydrazine groups is 1. The number of hydrogen-bond acceptors (Lipinski definition) is 6. The van der Waals surface area contributed by atoms with Crippen LogP contribution < -0.4 is 5.84 Å². The van der Waals surface area contributed by atoms with E-state index in [1.54, 1.807) is 20.8 Å². The van der Waals surface area contributed by atoms with Crippen molar-refractivity contribution in [3.63, 3.8) is 0 Å². The molecule has 0 aromatic heterocycles. The smallest absolute Gasteiger partial charge is 0.432 e. The largest absolute Gasteiger partial charge is 0.442 e. The third kappa shape index (κ3) is 4.80. The van der Waals surface area contributed by atoms with Crippen LogP contribution in [0, 0.1) is 0 Å². The molecule has 8 nitrogen and oxygen atoms in total. The van der Waals surface area contributed by atoms with Gasteiger partial charge in [0.25, 0.3) is 0 Å². The maximum Gasteiger partial charge on any atom is 0.432 e. The number of nitrogens with two attached hydrogens (primary N) is 1. The van der Waals surface area contributed by atoms with Crippen molar-refractivity contribution in [2.24, 2.45) is 5.84 Å². The lowest BCUT2D eigenvalue weighted by Gasteiger charge is -2.28. The second kappa shape index (κ2) is 7.35. The van der Waals surface area contributed by atoms with Crippen LogP contribution in [0.15, 0.2) is 0 Å². The highest BCUT2D eigenvalue weighted by molar-refractivity contribution is 6.37. The summed E-state index contributed by atoms with van der Waals surface area (Å²) < 4.78 is 4.94. The molecular weight excluding hydrogens is 290 g/mol. The standard InChI is InChI=1S/C14H23N3O5/c1-14(2,3)22-13(21)17(15)12(20)11(19)16(8-9-18)10-6-4-5-7-10/h9-10H,4-8,15H2,1-3H3. The Labute approximate surface area is 129 Å².